The molecule has 226 valence electrons. The number of nitrogen functional groups attached to an aromatic ring is 2. The molecule has 0 bridgehead atoms. The summed E-state index contributed by atoms with van der Waals surface area (Å²) in [5.41, 5.74) is 18.3. The van der Waals surface area contributed by atoms with E-state index < -0.39 is 0 Å². The van der Waals surface area contributed by atoms with Crippen molar-refractivity contribution in [2.24, 2.45) is 0 Å². The molecule has 2 fully saturated rings. The number of hydrogen-bond acceptors (Lipinski definition) is 7. The van der Waals surface area contributed by atoms with E-state index in [1.807, 2.05) is 48.5 Å². The molecule has 2 saturated carbocycles. The molecule has 2 aliphatic rings. The SMILES string of the molecule is CN(C)CCOc1ccc(-c2cccc(N)n2)c(C2CCCC2)c1.Nc1cccc(-c2ccc(O)cc2C2CCCC2)n1. The monoisotopic (exact) mass is 579 g/mol. The van der Waals surface area contributed by atoms with Crippen LogP contribution in [-0.4, -0.2) is 47.2 Å². The molecule has 5 N–H and O–H groups in total. The summed E-state index contributed by atoms with van der Waals surface area (Å²) < 4.78 is 5.94. The number of aromatic nitrogens is 2. The molecule has 7 nitrogen and oxygen atoms in total. The number of nitrogens with zero attached hydrogens (tertiary/aromatic N) is 3. The number of phenolic OH excluding ortho intramolecular Hbond substituents is 1. The van der Waals surface area contributed by atoms with Crippen LogP contribution in [0.1, 0.15) is 74.3 Å². The highest BCUT2D eigenvalue weighted by Crippen LogP contribution is 2.41. The predicted octanol–water partition coefficient (Wildman–Crippen LogP) is 7.62. The number of anilines is 2. The topological polar surface area (TPSA) is 111 Å². The summed E-state index contributed by atoms with van der Waals surface area (Å²) in [6, 6.07) is 23.5. The van der Waals surface area contributed by atoms with Crippen LogP contribution in [-0.2, 0) is 0 Å². The van der Waals surface area contributed by atoms with Crippen molar-refractivity contribution in [1.82, 2.24) is 14.9 Å². The molecule has 2 aromatic carbocycles. The zero-order valence-corrected chi connectivity index (χ0v) is 25.5. The molecule has 2 aromatic heterocycles. The van der Waals surface area contributed by atoms with Crippen molar-refractivity contribution in [2.75, 3.05) is 38.7 Å². The summed E-state index contributed by atoms with van der Waals surface area (Å²) in [7, 11) is 4.11. The van der Waals surface area contributed by atoms with Crippen LogP contribution < -0.4 is 16.2 Å². The molecule has 0 saturated heterocycles. The van der Waals surface area contributed by atoms with Gasteiger partial charge in [-0.15, -0.1) is 0 Å². The summed E-state index contributed by atoms with van der Waals surface area (Å²) in [6.45, 7) is 1.62. The highest BCUT2D eigenvalue weighted by molar-refractivity contribution is 5.68. The zero-order valence-electron chi connectivity index (χ0n) is 25.5. The van der Waals surface area contributed by atoms with Crippen molar-refractivity contribution in [3.63, 3.8) is 0 Å². The van der Waals surface area contributed by atoms with E-state index in [4.69, 9.17) is 16.2 Å². The van der Waals surface area contributed by atoms with Gasteiger partial charge in [-0.05, 0) is 123 Å². The van der Waals surface area contributed by atoms with Crippen molar-refractivity contribution in [2.45, 2.75) is 63.2 Å². The first-order valence-electron chi connectivity index (χ1n) is 15.6. The van der Waals surface area contributed by atoms with Gasteiger partial charge < -0.3 is 26.2 Å². The highest BCUT2D eigenvalue weighted by Gasteiger charge is 2.23. The zero-order chi connectivity index (χ0) is 30.2. The van der Waals surface area contributed by atoms with E-state index >= 15 is 0 Å². The Hall–Kier alpha value is -4.10. The summed E-state index contributed by atoms with van der Waals surface area (Å²) in [6.07, 6.45) is 10.0. The minimum Gasteiger partial charge on any atom is -0.508 e. The third kappa shape index (κ3) is 8.05. The molecule has 7 heteroatoms. The molecule has 0 atom stereocenters. The van der Waals surface area contributed by atoms with Crippen molar-refractivity contribution in [3.05, 3.63) is 83.9 Å². The minimum absolute atomic E-state index is 0.328. The second-order valence-corrected chi connectivity index (χ2v) is 12.0. The van der Waals surface area contributed by atoms with Gasteiger partial charge in [-0.3, -0.25) is 0 Å². The van der Waals surface area contributed by atoms with Crippen LogP contribution in [0, 0.1) is 0 Å². The number of ether oxygens (including phenoxy) is 1. The Morgan fingerprint density at radius 3 is 1.74 bits per heavy atom. The Bertz CT molecular complexity index is 1490. The summed E-state index contributed by atoms with van der Waals surface area (Å²) in [5, 5.41) is 9.75. The van der Waals surface area contributed by atoms with Gasteiger partial charge in [0.2, 0.25) is 0 Å². The lowest BCUT2D eigenvalue weighted by molar-refractivity contribution is 0.261. The lowest BCUT2D eigenvalue weighted by Crippen LogP contribution is -2.19. The fraction of sp³-hybridized carbons (Fsp3) is 0.389. The smallest absolute Gasteiger partial charge is 0.124 e. The molecule has 2 heterocycles. The molecule has 0 aliphatic heterocycles. The van der Waals surface area contributed by atoms with E-state index in [0.717, 1.165) is 29.2 Å². The number of aromatic hydroxyl groups is 1. The van der Waals surface area contributed by atoms with Crippen LogP contribution in [0.3, 0.4) is 0 Å². The Labute approximate surface area is 255 Å². The van der Waals surface area contributed by atoms with Gasteiger partial charge in [0, 0.05) is 17.7 Å². The molecule has 43 heavy (non-hydrogen) atoms. The van der Waals surface area contributed by atoms with E-state index in [9.17, 15) is 5.11 Å². The number of rotatable bonds is 8. The van der Waals surface area contributed by atoms with Gasteiger partial charge in [0.1, 0.15) is 29.7 Å². The van der Waals surface area contributed by atoms with Gasteiger partial charge in [0.25, 0.3) is 0 Å². The second-order valence-electron chi connectivity index (χ2n) is 12.0. The number of phenols is 1. The normalized spacial score (nSPS) is 15.4. The Morgan fingerprint density at radius 1 is 0.721 bits per heavy atom. The molecular weight excluding hydrogens is 534 g/mol. The van der Waals surface area contributed by atoms with Crippen LogP contribution in [0.15, 0.2) is 72.8 Å². The fourth-order valence-electron chi connectivity index (χ4n) is 6.35. The maximum absolute atomic E-state index is 9.75. The molecule has 2 aliphatic carbocycles. The van der Waals surface area contributed by atoms with Crippen LogP contribution in [0.4, 0.5) is 11.6 Å². The lowest BCUT2D eigenvalue weighted by atomic mass is 9.91. The van der Waals surface area contributed by atoms with Crippen molar-refractivity contribution in [1.29, 1.82) is 0 Å². The van der Waals surface area contributed by atoms with Crippen LogP contribution >= 0.6 is 0 Å². The van der Waals surface area contributed by atoms with Crippen molar-refractivity contribution in [3.8, 4) is 34.0 Å². The quantitative estimate of drug-likeness (QED) is 0.197. The summed E-state index contributed by atoms with van der Waals surface area (Å²) in [5.74, 6) is 3.51. The minimum atomic E-state index is 0.328. The first-order valence-corrected chi connectivity index (χ1v) is 15.6. The average molecular weight is 580 g/mol. The van der Waals surface area contributed by atoms with Crippen LogP contribution in [0.5, 0.6) is 11.5 Å². The number of pyridine rings is 2. The van der Waals surface area contributed by atoms with Crippen LogP contribution in [0.25, 0.3) is 22.5 Å². The molecular formula is C36H45N5O2. The molecule has 0 spiro atoms. The first kappa shape index (κ1) is 30.4. The van der Waals surface area contributed by atoms with Gasteiger partial charge in [-0.2, -0.15) is 0 Å². The predicted molar refractivity (Wildman–Crippen MR) is 176 cm³/mol. The summed E-state index contributed by atoms with van der Waals surface area (Å²) >= 11 is 0. The van der Waals surface area contributed by atoms with E-state index in [2.05, 4.69) is 41.1 Å². The molecule has 0 amide bonds. The first-order chi connectivity index (χ1) is 20.9. The third-order valence-electron chi connectivity index (χ3n) is 8.55. The van der Waals surface area contributed by atoms with E-state index in [-0.39, 0.29) is 0 Å². The van der Waals surface area contributed by atoms with Crippen LogP contribution in [0.2, 0.25) is 0 Å². The number of nitrogens with two attached hydrogens (primary N) is 2. The highest BCUT2D eigenvalue weighted by atomic mass is 16.5. The van der Waals surface area contributed by atoms with Gasteiger partial charge >= 0.3 is 0 Å². The Morgan fingerprint density at radius 2 is 1.23 bits per heavy atom. The van der Waals surface area contributed by atoms with Crippen molar-refractivity contribution < 1.29 is 9.84 Å². The summed E-state index contributed by atoms with van der Waals surface area (Å²) in [4.78, 5) is 11.0. The van der Waals surface area contributed by atoms with E-state index in [1.165, 1.54) is 68.1 Å². The van der Waals surface area contributed by atoms with E-state index in [0.29, 0.717) is 35.8 Å². The fourth-order valence-corrected chi connectivity index (χ4v) is 6.35. The largest absolute Gasteiger partial charge is 0.508 e. The number of benzene rings is 2. The van der Waals surface area contributed by atoms with E-state index in [1.54, 1.807) is 12.1 Å². The maximum Gasteiger partial charge on any atom is 0.124 e. The standard InChI is InChI=1S/C20H27N3O.C16H18N2O/c1-23(2)12-13-24-16-10-11-17(19-8-5-9-20(21)22-19)18(14-16)15-6-3-4-7-15;17-16-7-3-6-15(18-16)13-9-8-12(19)10-14(13)11-4-1-2-5-11/h5,8-11,14-15H,3-4,6-7,12-13H2,1-2H3,(H2,21,22);3,6-11,19H,1-2,4-5H2,(H2,17,18). The Kier molecular flexibility index (Phi) is 10.2. The van der Waals surface area contributed by atoms with Gasteiger partial charge in [-0.1, -0.05) is 37.8 Å². The second kappa shape index (κ2) is 14.4. The van der Waals surface area contributed by atoms with Gasteiger partial charge in [0.05, 0.1) is 11.4 Å². The van der Waals surface area contributed by atoms with Gasteiger partial charge in [0.15, 0.2) is 0 Å². The maximum atomic E-state index is 9.75. The average Bonchev–Trinajstić information content (AvgIpc) is 3.73. The lowest BCUT2D eigenvalue weighted by Gasteiger charge is -2.18. The molecule has 0 radical (unpaired) electrons. The molecule has 6 rings (SSSR count). The third-order valence-corrected chi connectivity index (χ3v) is 8.55. The van der Waals surface area contributed by atoms with Crippen molar-refractivity contribution >= 4 is 11.6 Å². The number of likely N-dealkylation sites (N-methyl/N-ethyl adjacent to an activating group) is 1. The Balaban J connectivity index is 0.000000176. The molecule has 4 aromatic rings. The van der Waals surface area contributed by atoms with Gasteiger partial charge in [-0.25, -0.2) is 9.97 Å². The number of hydrogen-bond donors (Lipinski definition) is 3. The molecule has 0 unspecified atom stereocenters.